The van der Waals surface area contributed by atoms with Gasteiger partial charge in [0.2, 0.25) is 0 Å². The predicted octanol–water partition coefficient (Wildman–Crippen LogP) is 3.14. The number of carbonyl (C=O) groups excluding carboxylic acids is 1. The lowest BCUT2D eigenvalue weighted by Gasteiger charge is -2.10. The van der Waals surface area contributed by atoms with Gasteiger partial charge in [0.25, 0.3) is 0 Å². The molecule has 0 saturated heterocycles. The SMILES string of the molecule is Cc1cc(Br)ccc1NC(=O)Nc1ccnn1C. The van der Waals surface area contributed by atoms with Gasteiger partial charge in [0.1, 0.15) is 5.82 Å². The summed E-state index contributed by atoms with van der Waals surface area (Å²) in [6, 6.07) is 7.12. The van der Waals surface area contributed by atoms with E-state index >= 15 is 0 Å². The van der Waals surface area contributed by atoms with Crippen molar-refractivity contribution in [3.8, 4) is 0 Å². The van der Waals surface area contributed by atoms with Crippen molar-refractivity contribution in [3.05, 3.63) is 40.5 Å². The molecule has 5 nitrogen and oxygen atoms in total. The number of nitrogens with zero attached hydrogens (tertiary/aromatic N) is 2. The fourth-order valence-corrected chi connectivity index (χ4v) is 2.01. The van der Waals surface area contributed by atoms with Crippen LogP contribution in [0.5, 0.6) is 0 Å². The third-order valence-electron chi connectivity index (χ3n) is 2.50. The molecule has 0 radical (unpaired) electrons. The largest absolute Gasteiger partial charge is 0.324 e. The Labute approximate surface area is 113 Å². The van der Waals surface area contributed by atoms with Gasteiger partial charge in [-0.2, -0.15) is 5.10 Å². The highest BCUT2D eigenvalue weighted by atomic mass is 79.9. The first-order valence-corrected chi connectivity index (χ1v) is 6.18. The van der Waals surface area contributed by atoms with Gasteiger partial charge in [-0.05, 0) is 30.7 Å². The zero-order valence-corrected chi connectivity index (χ0v) is 11.7. The van der Waals surface area contributed by atoms with Crippen LogP contribution in [0.25, 0.3) is 0 Å². The molecule has 2 N–H and O–H groups in total. The van der Waals surface area contributed by atoms with Gasteiger partial charge in [-0.3, -0.25) is 10.00 Å². The molecule has 2 aromatic rings. The summed E-state index contributed by atoms with van der Waals surface area (Å²) in [5.74, 6) is 0.641. The number of hydrogen-bond donors (Lipinski definition) is 2. The van der Waals surface area contributed by atoms with E-state index in [0.29, 0.717) is 5.82 Å². The van der Waals surface area contributed by atoms with E-state index < -0.39 is 0 Å². The fourth-order valence-electron chi connectivity index (χ4n) is 1.53. The molecule has 0 bridgehead atoms. The minimum atomic E-state index is -0.288. The van der Waals surface area contributed by atoms with Crippen molar-refractivity contribution in [1.82, 2.24) is 9.78 Å². The van der Waals surface area contributed by atoms with Crippen LogP contribution >= 0.6 is 15.9 Å². The lowest BCUT2D eigenvalue weighted by atomic mass is 10.2. The molecule has 0 aliphatic carbocycles. The molecule has 1 heterocycles. The second-order valence-corrected chi connectivity index (χ2v) is 4.79. The molecule has 2 amide bonds. The number of anilines is 2. The zero-order valence-electron chi connectivity index (χ0n) is 10.1. The van der Waals surface area contributed by atoms with Crippen molar-refractivity contribution in [1.29, 1.82) is 0 Å². The van der Waals surface area contributed by atoms with Crippen LogP contribution in [-0.4, -0.2) is 15.8 Å². The van der Waals surface area contributed by atoms with Crippen LogP contribution in [0.2, 0.25) is 0 Å². The van der Waals surface area contributed by atoms with E-state index in [9.17, 15) is 4.79 Å². The smallest absolute Gasteiger partial charge is 0.307 e. The highest BCUT2D eigenvalue weighted by Gasteiger charge is 2.07. The predicted molar refractivity (Wildman–Crippen MR) is 74.7 cm³/mol. The normalized spacial score (nSPS) is 10.2. The number of nitrogens with one attached hydrogen (secondary N) is 2. The lowest BCUT2D eigenvalue weighted by molar-refractivity contribution is 0.262. The van der Waals surface area contributed by atoms with E-state index in [4.69, 9.17) is 0 Å². The van der Waals surface area contributed by atoms with Gasteiger partial charge < -0.3 is 5.32 Å². The lowest BCUT2D eigenvalue weighted by Crippen LogP contribution is -2.21. The fraction of sp³-hybridized carbons (Fsp3) is 0.167. The topological polar surface area (TPSA) is 59.0 Å². The molecule has 0 unspecified atom stereocenters. The van der Waals surface area contributed by atoms with Gasteiger partial charge in [0.15, 0.2) is 0 Å². The van der Waals surface area contributed by atoms with Crippen molar-refractivity contribution in [2.24, 2.45) is 7.05 Å². The Balaban J connectivity index is 2.05. The maximum absolute atomic E-state index is 11.8. The molecular formula is C12H13BrN4O. The average Bonchev–Trinajstić information content (AvgIpc) is 2.69. The summed E-state index contributed by atoms with van der Waals surface area (Å²) in [6.45, 7) is 1.93. The number of hydrogen-bond acceptors (Lipinski definition) is 2. The highest BCUT2D eigenvalue weighted by Crippen LogP contribution is 2.20. The van der Waals surface area contributed by atoms with Crippen molar-refractivity contribution >= 4 is 33.5 Å². The molecule has 0 aliphatic heterocycles. The van der Waals surface area contributed by atoms with Crippen LogP contribution < -0.4 is 10.6 Å². The molecule has 6 heteroatoms. The Morgan fingerprint density at radius 3 is 2.72 bits per heavy atom. The van der Waals surface area contributed by atoms with Gasteiger partial charge in [-0.25, -0.2) is 4.79 Å². The van der Waals surface area contributed by atoms with E-state index in [1.165, 1.54) is 0 Å². The number of benzene rings is 1. The minimum absolute atomic E-state index is 0.288. The monoisotopic (exact) mass is 308 g/mol. The summed E-state index contributed by atoms with van der Waals surface area (Å²) >= 11 is 3.38. The number of halogens is 1. The quantitative estimate of drug-likeness (QED) is 0.895. The summed E-state index contributed by atoms with van der Waals surface area (Å²) in [6.07, 6.45) is 1.63. The van der Waals surface area contributed by atoms with E-state index in [-0.39, 0.29) is 6.03 Å². The molecule has 18 heavy (non-hydrogen) atoms. The first-order valence-electron chi connectivity index (χ1n) is 5.38. The number of aryl methyl sites for hydroxylation is 2. The minimum Gasteiger partial charge on any atom is -0.307 e. The molecule has 0 spiro atoms. The van der Waals surface area contributed by atoms with Crippen LogP contribution in [0, 0.1) is 6.92 Å². The van der Waals surface area contributed by atoms with Crippen LogP contribution in [0.1, 0.15) is 5.56 Å². The number of aromatic nitrogens is 2. The van der Waals surface area contributed by atoms with Crippen molar-refractivity contribution < 1.29 is 4.79 Å². The second kappa shape index (κ2) is 5.22. The Bertz CT molecular complexity index is 579. The molecule has 2 rings (SSSR count). The van der Waals surface area contributed by atoms with Crippen LogP contribution in [0.3, 0.4) is 0 Å². The molecule has 0 aliphatic rings. The van der Waals surface area contributed by atoms with Gasteiger partial charge in [-0.15, -0.1) is 0 Å². The van der Waals surface area contributed by atoms with Crippen LogP contribution in [0.4, 0.5) is 16.3 Å². The Hall–Kier alpha value is -1.82. The van der Waals surface area contributed by atoms with Gasteiger partial charge in [0.05, 0.1) is 6.20 Å². The summed E-state index contributed by atoms with van der Waals surface area (Å²) in [5.41, 5.74) is 1.77. The van der Waals surface area contributed by atoms with E-state index in [1.807, 2.05) is 25.1 Å². The average molecular weight is 309 g/mol. The third kappa shape index (κ3) is 2.89. The standard InChI is InChI=1S/C12H13BrN4O/c1-8-7-9(13)3-4-10(8)15-12(18)16-11-5-6-14-17(11)2/h3-7H,1-2H3,(H2,15,16,18). The molecule has 0 atom stereocenters. The Kier molecular flexibility index (Phi) is 3.66. The van der Waals surface area contributed by atoms with Crippen LogP contribution in [-0.2, 0) is 7.05 Å². The molecule has 0 saturated carbocycles. The maximum atomic E-state index is 11.8. The number of rotatable bonds is 2. The van der Waals surface area contributed by atoms with Gasteiger partial charge in [-0.1, -0.05) is 15.9 Å². The number of amides is 2. The van der Waals surface area contributed by atoms with E-state index in [2.05, 4.69) is 31.7 Å². The third-order valence-corrected chi connectivity index (χ3v) is 2.99. The second-order valence-electron chi connectivity index (χ2n) is 3.88. The van der Waals surface area contributed by atoms with Crippen LogP contribution in [0.15, 0.2) is 34.9 Å². The van der Waals surface area contributed by atoms with Crippen molar-refractivity contribution in [2.75, 3.05) is 10.6 Å². The summed E-state index contributed by atoms with van der Waals surface area (Å²) in [7, 11) is 1.76. The van der Waals surface area contributed by atoms with Gasteiger partial charge in [0, 0.05) is 23.3 Å². The number of carbonyl (C=O) groups is 1. The molecule has 1 aromatic carbocycles. The van der Waals surface area contributed by atoms with E-state index in [1.54, 1.807) is 24.0 Å². The highest BCUT2D eigenvalue weighted by molar-refractivity contribution is 9.10. The molecule has 0 fully saturated rings. The molecule has 1 aromatic heterocycles. The zero-order chi connectivity index (χ0) is 13.1. The first kappa shape index (κ1) is 12.6. The Morgan fingerprint density at radius 2 is 2.11 bits per heavy atom. The first-order chi connectivity index (χ1) is 8.56. The number of urea groups is 1. The van der Waals surface area contributed by atoms with Crippen molar-refractivity contribution in [2.45, 2.75) is 6.92 Å². The summed E-state index contributed by atoms with van der Waals surface area (Å²) in [4.78, 5) is 11.8. The van der Waals surface area contributed by atoms with E-state index in [0.717, 1.165) is 15.7 Å². The van der Waals surface area contributed by atoms with Gasteiger partial charge >= 0.3 is 6.03 Å². The maximum Gasteiger partial charge on any atom is 0.324 e. The molecule has 94 valence electrons. The summed E-state index contributed by atoms with van der Waals surface area (Å²) < 4.78 is 2.58. The van der Waals surface area contributed by atoms with Crippen molar-refractivity contribution in [3.63, 3.8) is 0 Å². The molecular weight excluding hydrogens is 296 g/mol. The summed E-state index contributed by atoms with van der Waals surface area (Å²) in [5, 5.41) is 9.48. The Morgan fingerprint density at radius 1 is 1.33 bits per heavy atom.